The van der Waals surface area contributed by atoms with Gasteiger partial charge in [0.2, 0.25) is 0 Å². The standard InChI is InChI=1S/C15H17N3O2/c1-3-20-15(19)12-4-5-14(17-9-12)18-10-13-8-16-7-6-11(13)2/h4-9H,3,10H2,1-2H3,(H,17,18). The van der Waals surface area contributed by atoms with E-state index in [1.54, 1.807) is 25.3 Å². The van der Waals surface area contributed by atoms with Crippen LogP contribution in [-0.2, 0) is 11.3 Å². The van der Waals surface area contributed by atoms with Crippen LogP contribution < -0.4 is 5.32 Å². The van der Waals surface area contributed by atoms with Gasteiger partial charge in [0.1, 0.15) is 5.82 Å². The zero-order valence-electron chi connectivity index (χ0n) is 11.6. The largest absolute Gasteiger partial charge is 0.462 e. The number of carbonyl (C=O) groups excluding carboxylic acids is 1. The molecule has 2 rings (SSSR count). The van der Waals surface area contributed by atoms with Crippen LogP contribution in [0.2, 0.25) is 0 Å². The van der Waals surface area contributed by atoms with Gasteiger partial charge in [-0.05, 0) is 43.2 Å². The zero-order valence-corrected chi connectivity index (χ0v) is 11.6. The summed E-state index contributed by atoms with van der Waals surface area (Å²) in [6, 6.07) is 5.43. The van der Waals surface area contributed by atoms with E-state index in [0.717, 1.165) is 5.56 Å². The Balaban J connectivity index is 1.98. The van der Waals surface area contributed by atoms with Crippen LogP contribution in [0.1, 0.15) is 28.4 Å². The number of ether oxygens (including phenoxy) is 1. The minimum Gasteiger partial charge on any atom is -0.462 e. The van der Waals surface area contributed by atoms with Crippen LogP contribution in [0.5, 0.6) is 0 Å². The van der Waals surface area contributed by atoms with Crippen molar-refractivity contribution in [3.63, 3.8) is 0 Å². The van der Waals surface area contributed by atoms with Gasteiger partial charge in [-0.2, -0.15) is 0 Å². The minimum absolute atomic E-state index is 0.352. The van der Waals surface area contributed by atoms with Crippen molar-refractivity contribution in [1.29, 1.82) is 0 Å². The SMILES string of the molecule is CCOC(=O)c1ccc(NCc2cnccc2C)nc1. The molecule has 104 valence electrons. The van der Waals surface area contributed by atoms with Gasteiger partial charge in [0.25, 0.3) is 0 Å². The van der Waals surface area contributed by atoms with E-state index in [4.69, 9.17) is 4.74 Å². The van der Waals surface area contributed by atoms with Crippen LogP contribution in [0.15, 0.2) is 36.8 Å². The summed E-state index contributed by atoms with van der Waals surface area (Å²) in [6.07, 6.45) is 5.11. The number of hydrogen-bond donors (Lipinski definition) is 1. The first-order chi connectivity index (χ1) is 9.70. The molecule has 0 aliphatic carbocycles. The number of esters is 1. The second-order valence-corrected chi connectivity index (χ2v) is 4.31. The van der Waals surface area contributed by atoms with Gasteiger partial charge in [0.05, 0.1) is 12.2 Å². The molecule has 0 aromatic carbocycles. The quantitative estimate of drug-likeness (QED) is 0.847. The van der Waals surface area contributed by atoms with Crippen LogP contribution >= 0.6 is 0 Å². The second-order valence-electron chi connectivity index (χ2n) is 4.31. The lowest BCUT2D eigenvalue weighted by Gasteiger charge is -2.08. The molecule has 0 saturated carbocycles. The van der Waals surface area contributed by atoms with E-state index in [-0.39, 0.29) is 5.97 Å². The van der Waals surface area contributed by atoms with Crippen molar-refractivity contribution in [1.82, 2.24) is 9.97 Å². The predicted octanol–water partition coefficient (Wildman–Crippen LogP) is 2.57. The molecule has 1 N–H and O–H groups in total. The monoisotopic (exact) mass is 271 g/mol. The van der Waals surface area contributed by atoms with Crippen LogP contribution in [0.3, 0.4) is 0 Å². The molecule has 0 unspecified atom stereocenters. The predicted molar refractivity (Wildman–Crippen MR) is 76.5 cm³/mol. The highest BCUT2D eigenvalue weighted by atomic mass is 16.5. The summed E-state index contributed by atoms with van der Waals surface area (Å²) in [5.74, 6) is 0.357. The maximum absolute atomic E-state index is 11.5. The van der Waals surface area contributed by atoms with Crippen molar-refractivity contribution >= 4 is 11.8 Å². The molecular weight excluding hydrogens is 254 g/mol. The Morgan fingerprint density at radius 1 is 1.30 bits per heavy atom. The summed E-state index contributed by atoms with van der Waals surface area (Å²) in [5, 5.41) is 3.20. The van der Waals surface area contributed by atoms with Crippen molar-refractivity contribution in [3.05, 3.63) is 53.5 Å². The molecule has 0 amide bonds. The smallest absolute Gasteiger partial charge is 0.339 e. The molecule has 2 heterocycles. The average Bonchev–Trinajstić information content (AvgIpc) is 2.47. The maximum Gasteiger partial charge on any atom is 0.339 e. The first kappa shape index (κ1) is 14.0. The van der Waals surface area contributed by atoms with E-state index in [1.165, 1.54) is 11.8 Å². The van der Waals surface area contributed by atoms with Gasteiger partial charge in [-0.3, -0.25) is 4.98 Å². The summed E-state index contributed by atoms with van der Waals surface area (Å²) in [5.41, 5.74) is 2.74. The Bertz CT molecular complexity index is 582. The van der Waals surface area contributed by atoms with Crippen molar-refractivity contribution in [2.45, 2.75) is 20.4 Å². The third-order valence-electron chi connectivity index (χ3n) is 2.88. The van der Waals surface area contributed by atoms with Gasteiger partial charge in [0.15, 0.2) is 0 Å². The number of aromatic nitrogens is 2. The second kappa shape index (κ2) is 6.65. The number of pyridine rings is 2. The molecule has 2 aromatic rings. The Labute approximate surface area is 118 Å². The molecule has 0 fully saturated rings. The molecule has 0 aliphatic heterocycles. The first-order valence-electron chi connectivity index (χ1n) is 6.47. The molecular formula is C15H17N3O2. The molecule has 0 radical (unpaired) electrons. The number of rotatable bonds is 5. The van der Waals surface area contributed by atoms with Gasteiger partial charge < -0.3 is 10.1 Å². The van der Waals surface area contributed by atoms with Gasteiger partial charge in [0, 0.05) is 25.1 Å². The number of nitrogens with zero attached hydrogens (tertiary/aromatic N) is 2. The molecule has 0 aliphatic rings. The van der Waals surface area contributed by atoms with E-state index in [2.05, 4.69) is 15.3 Å². The lowest BCUT2D eigenvalue weighted by Crippen LogP contribution is -2.07. The minimum atomic E-state index is -0.352. The van der Waals surface area contributed by atoms with Crippen LogP contribution in [0.25, 0.3) is 0 Å². The van der Waals surface area contributed by atoms with Gasteiger partial charge >= 0.3 is 5.97 Å². The van der Waals surface area contributed by atoms with E-state index in [0.29, 0.717) is 24.5 Å². The summed E-state index contributed by atoms with van der Waals surface area (Å²) in [6.45, 7) is 4.82. The summed E-state index contributed by atoms with van der Waals surface area (Å²) in [7, 11) is 0. The van der Waals surface area contributed by atoms with E-state index >= 15 is 0 Å². The molecule has 0 saturated heterocycles. The van der Waals surface area contributed by atoms with Gasteiger partial charge in [-0.1, -0.05) is 0 Å². The van der Waals surface area contributed by atoms with Crippen molar-refractivity contribution in [2.24, 2.45) is 0 Å². The summed E-state index contributed by atoms with van der Waals surface area (Å²) >= 11 is 0. The topological polar surface area (TPSA) is 64.1 Å². The normalized spacial score (nSPS) is 10.1. The number of aryl methyl sites for hydroxylation is 1. The fourth-order valence-corrected chi connectivity index (χ4v) is 1.70. The highest BCUT2D eigenvalue weighted by molar-refractivity contribution is 5.89. The maximum atomic E-state index is 11.5. The number of anilines is 1. The number of hydrogen-bond acceptors (Lipinski definition) is 5. The zero-order chi connectivity index (χ0) is 14.4. The lowest BCUT2D eigenvalue weighted by atomic mass is 10.1. The molecule has 2 aromatic heterocycles. The third-order valence-corrected chi connectivity index (χ3v) is 2.88. The number of nitrogens with one attached hydrogen (secondary N) is 1. The molecule has 5 heteroatoms. The van der Waals surface area contributed by atoms with E-state index in [1.807, 2.05) is 19.2 Å². The van der Waals surface area contributed by atoms with Gasteiger partial charge in [-0.25, -0.2) is 9.78 Å². The molecule has 5 nitrogen and oxygen atoms in total. The fraction of sp³-hybridized carbons (Fsp3) is 0.267. The summed E-state index contributed by atoms with van der Waals surface area (Å²) < 4.78 is 4.91. The van der Waals surface area contributed by atoms with E-state index < -0.39 is 0 Å². The Hall–Kier alpha value is -2.43. The summed E-state index contributed by atoms with van der Waals surface area (Å²) in [4.78, 5) is 19.8. The van der Waals surface area contributed by atoms with Gasteiger partial charge in [-0.15, -0.1) is 0 Å². The number of carbonyl (C=O) groups is 1. The fourth-order valence-electron chi connectivity index (χ4n) is 1.70. The Kier molecular flexibility index (Phi) is 4.65. The van der Waals surface area contributed by atoms with Crippen LogP contribution in [0.4, 0.5) is 5.82 Å². The average molecular weight is 271 g/mol. The van der Waals surface area contributed by atoms with Crippen LogP contribution in [0, 0.1) is 6.92 Å². The van der Waals surface area contributed by atoms with Crippen molar-refractivity contribution < 1.29 is 9.53 Å². The Morgan fingerprint density at radius 2 is 2.15 bits per heavy atom. The van der Waals surface area contributed by atoms with Crippen molar-refractivity contribution in [2.75, 3.05) is 11.9 Å². The molecule has 0 spiro atoms. The highest BCUT2D eigenvalue weighted by Gasteiger charge is 2.06. The van der Waals surface area contributed by atoms with E-state index in [9.17, 15) is 4.79 Å². The Morgan fingerprint density at radius 3 is 2.80 bits per heavy atom. The molecule has 0 bridgehead atoms. The lowest BCUT2D eigenvalue weighted by molar-refractivity contribution is 0.0526. The van der Waals surface area contributed by atoms with Crippen molar-refractivity contribution in [3.8, 4) is 0 Å². The molecule has 0 atom stereocenters. The highest BCUT2D eigenvalue weighted by Crippen LogP contribution is 2.10. The van der Waals surface area contributed by atoms with Crippen LogP contribution in [-0.4, -0.2) is 22.5 Å². The first-order valence-corrected chi connectivity index (χ1v) is 6.47. The third kappa shape index (κ3) is 3.54. The molecule has 20 heavy (non-hydrogen) atoms.